The van der Waals surface area contributed by atoms with Crippen LogP contribution in [0, 0.1) is 6.92 Å². The quantitative estimate of drug-likeness (QED) is 0.794. The summed E-state index contributed by atoms with van der Waals surface area (Å²) in [4.78, 5) is 0. The van der Waals surface area contributed by atoms with E-state index >= 15 is 0 Å². The van der Waals surface area contributed by atoms with Crippen LogP contribution in [0.5, 0.6) is 0 Å². The van der Waals surface area contributed by atoms with Gasteiger partial charge in [-0.1, -0.05) is 18.6 Å². The molecule has 0 spiro atoms. The van der Waals surface area contributed by atoms with E-state index in [9.17, 15) is 0 Å². The van der Waals surface area contributed by atoms with E-state index in [-0.39, 0.29) is 6.04 Å². The Balaban J connectivity index is 2.17. The summed E-state index contributed by atoms with van der Waals surface area (Å²) in [6.45, 7) is 5.63. The molecule has 3 heteroatoms. The fraction of sp³-hybridized carbons (Fsp3) is 0.467. The molecule has 0 bridgehead atoms. The van der Waals surface area contributed by atoms with E-state index in [0.717, 1.165) is 29.8 Å². The van der Waals surface area contributed by atoms with Gasteiger partial charge in [-0.3, -0.25) is 0 Å². The Morgan fingerprint density at radius 1 is 1.33 bits per heavy atom. The molecule has 98 valence electrons. The average molecular weight is 247 g/mol. The highest BCUT2D eigenvalue weighted by Gasteiger charge is 2.14. The van der Waals surface area contributed by atoms with Crippen molar-refractivity contribution in [3.63, 3.8) is 0 Å². The number of furan rings is 1. The van der Waals surface area contributed by atoms with Crippen LogP contribution in [0.15, 0.2) is 28.7 Å². The molecule has 0 aliphatic rings. The van der Waals surface area contributed by atoms with Gasteiger partial charge in [-0.25, -0.2) is 0 Å². The van der Waals surface area contributed by atoms with E-state index in [2.05, 4.69) is 37.4 Å². The number of ether oxygens (including phenoxy) is 1. The first-order chi connectivity index (χ1) is 8.74. The number of hydrogen-bond donors (Lipinski definition) is 1. The summed E-state index contributed by atoms with van der Waals surface area (Å²) in [5.74, 6) is 0.939. The largest absolute Gasteiger partial charge is 0.459 e. The van der Waals surface area contributed by atoms with Gasteiger partial charge in [0.05, 0.1) is 12.6 Å². The molecular formula is C15H21NO2. The van der Waals surface area contributed by atoms with Gasteiger partial charge in [-0.15, -0.1) is 0 Å². The van der Waals surface area contributed by atoms with E-state index in [1.165, 1.54) is 5.56 Å². The van der Waals surface area contributed by atoms with Crippen LogP contribution in [0.1, 0.15) is 30.7 Å². The van der Waals surface area contributed by atoms with Gasteiger partial charge in [-0.2, -0.15) is 0 Å². The van der Waals surface area contributed by atoms with Gasteiger partial charge in [0.25, 0.3) is 0 Å². The van der Waals surface area contributed by atoms with Gasteiger partial charge in [0.2, 0.25) is 0 Å². The Morgan fingerprint density at radius 3 is 2.89 bits per heavy atom. The first-order valence-electron chi connectivity index (χ1n) is 6.49. The SMILES string of the molecule is CCCOCC(NC)c1cc2cc(C)ccc2o1. The van der Waals surface area contributed by atoms with Gasteiger partial charge < -0.3 is 14.5 Å². The number of benzene rings is 1. The lowest BCUT2D eigenvalue weighted by Crippen LogP contribution is -2.21. The van der Waals surface area contributed by atoms with Crippen molar-refractivity contribution in [2.75, 3.05) is 20.3 Å². The zero-order chi connectivity index (χ0) is 13.0. The van der Waals surface area contributed by atoms with Crippen LogP contribution in [-0.2, 0) is 4.74 Å². The number of fused-ring (bicyclic) bond motifs is 1. The summed E-state index contributed by atoms with van der Waals surface area (Å²) in [6, 6.07) is 8.44. The fourth-order valence-corrected chi connectivity index (χ4v) is 2.01. The summed E-state index contributed by atoms with van der Waals surface area (Å²) >= 11 is 0. The van der Waals surface area contributed by atoms with E-state index in [1.54, 1.807) is 0 Å². The first-order valence-corrected chi connectivity index (χ1v) is 6.49. The minimum Gasteiger partial charge on any atom is -0.459 e. The average Bonchev–Trinajstić information content (AvgIpc) is 2.77. The van der Waals surface area contributed by atoms with Crippen molar-refractivity contribution < 1.29 is 9.15 Å². The molecule has 18 heavy (non-hydrogen) atoms. The maximum atomic E-state index is 5.86. The molecule has 0 saturated heterocycles. The number of hydrogen-bond acceptors (Lipinski definition) is 3. The maximum absolute atomic E-state index is 5.86. The third kappa shape index (κ3) is 2.92. The Bertz CT molecular complexity index is 504. The molecule has 1 N–H and O–H groups in total. The van der Waals surface area contributed by atoms with E-state index < -0.39 is 0 Å². The minimum atomic E-state index is 0.115. The second-order valence-electron chi connectivity index (χ2n) is 4.61. The van der Waals surface area contributed by atoms with Crippen molar-refractivity contribution in [1.29, 1.82) is 0 Å². The van der Waals surface area contributed by atoms with Gasteiger partial charge in [-0.05, 0) is 38.6 Å². The summed E-state index contributed by atoms with van der Waals surface area (Å²) in [5, 5.41) is 4.39. The molecule has 1 aromatic carbocycles. The minimum absolute atomic E-state index is 0.115. The molecule has 0 radical (unpaired) electrons. The van der Waals surface area contributed by atoms with Crippen LogP contribution >= 0.6 is 0 Å². The monoisotopic (exact) mass is 247 g/mol. The molecule has 0 amide bonds. The van der Waals surface area contributed by atoms with Crippen LogP contribution in [0.25, 0.3) is 11.0 Å². The zero-order valence-corrected chi connectivity index (χ0v) is 11.3. The second-order valence-corrected chi connectivity index (χ2v) is 4.61. The normalized spacial score (nSPS) is 13.1. The lowest BCUT2D eigenvalue weighted by molar-refractivity contribution is 0.108. The van der Waals surface area contributed by atoms with Crippen molar-refractivity contribution in [2.45, 2.75) is 26.3 Å². The third-order valence-corrected chi connectivity index (χ3v) is 3.02. The van der Waals surface area contributed by atoms with Crippen LogP contribution in [0.4, 0.5) is 0 Å². The molecule has 2 aromatic rings. The highest BCUT2D eigenvalue weighted by molar-refractivity contribution is 5.78. The lowest BCUT2D eigenvalue weighted by Gasteiger charge is -2.13. The summed E-state index contributed by atoms with van der Waals surface area (Å²) in [6.07, 6.45) is 1.04. The highest BCUT2D eigenvalue weighted by atomic mass is 16.5. The number of likely N-dealkylation sites (N-methyl/N-ethyl adjacent to an activating group) is 1. The highest BCUT2D eigenvalue weighted by Crippen LogP contribution is 2.25. The van der Waals surface area contributed by atoms with E-state index in [1.807, 2.05) is 13.1 Å². The maximum Gasteiger partial charge on any atom is 0.134 e. The summed E-state index contributed by atoms with van der Waals surface area (Å²) in [5.41, 5.74) is 2.18. The number of rotatable bonds is 6. The Kier molecular flexibility index (Phi) is 4.39. The van der Waals surface area contributed by atoms with Crippen LogP contribution in [0.2, 0.25) is 0 Å². The molecule has 0 saturated carbocycles. The Hall–Kier alpha value is -1.32. The van der Waals surface area contributed by atoms with E-state index in [4.69, 9.17) is 9.15 Å². The first kappa shape index (κ1) is 13.1. The molecule has 0 aliphatic carbocycles. The summed E-state index contributed by atoms with van der Waals surface area (Å²) in [7, 11) is 1.93. The third-order valence-electron chi connectivity index (χ3n) is 3.02. The molecule has 1 aromatic heterocycles. The molecule has 0 fully saturated rings. The second kappa shape index (κ2) is 6.03. The van der Waals surface area contributed by atoms with Gasteiger partial charge in [0, 0.05) is 12.0 Å². The van der Waals surface area contributed by atoms with Gasteiger partial charge in [0.15, 0.2) is 0 Å². The van der Waals surface area contributed by atoms with Crippen LogP contribution < -0.4 is 5.32 Å². The van der Waals surface area contributed by atoms with Gasteiger partial charge in [0.1, 0.15) is 11.3 Å². The summed E-state index contributed by atoms with van der Waals surface area (Å²) < 4.78 is 11.5. The van der Waals surface area contributed by atoms with Crippen molar-refractivity contribution in [3.8, 4) is 0 Å². The van der Waals surface area contributed by atoms with Crippen molar-refractivity contribution in [2.24, 2.45) is 0 Å². The molecule has 2 rings (SSSR count). The molecular weight excluding hydrogens is 226 g/mol. The van der Waals surface area contributed by atoms with Crippen molar-refractivity contribution in [1.82, 2.24) is 5.32 Å². The Labute approximate surface area is 108 Å². The van der Waals surface area contributed by atoms with Crippen molar-refractivity contribution >= 4 is 11.0 Å². The topological polar surface area (TPSA) is 34.4 Å². The predicted molar refractivity (Wildman–Crippen MR) is 73.9 cm³/mol. The molecule has 0 aliphatic heterocycles. The van der Waals surface area contributed by atoms with Crippen LogP contribution in [-0.4, -0.2) is 20.3 Å². The molecule has 1 unspecified atom stereocenters. The number of nitrogens with one attached hydrogen (secondary N) is 1. The molecule has 3 nitrogen and oxygen atoms in total. The standard InChI is InChI=1S/C15H21NO2/c1-4-7-17-10-13(16-3)15-9-12-8-11(2)5-6-14(12)18-15/h5-6,8-9,13,16H,4,7,10H2,1-3H3. The molecule has 1 heterocycles. The fourth-order valence-electron chi connectivity index (χ4n) is 2.01. The van der Waals surface area contributed by atoms with Crippen LogP contribution in [0.3, 0.4) is 0 Å². The van der Waals surface area contributed by atoms with Crippen molar-refractivity contribution in [3.05, 3.63) is 35.6 Å². The molecule has 1 atom stereocenters. The smallest absolute Gasteiger partial charge is 0.134 e. The van der Waals surface area contributed by atoms with E-state index in [0.29, 0.717) is 6.61 Å². The Morgan fingerprint density at radius 2 is 2.17 bits per heavy atom. The number of aryl methyl sites for hydroxylation is 1. The zero-order valence-electron chi connectivity index (χ0n) is 11.3. The van der Waals surface area contributed by atoms with Gasteiger partial charge >= 0.3 is 0 Å². The lowest BCUT2D eigenvalue weighted by atomic mass is 10.1. The predicted octanol–water partition coefficient (Wildman–Crippen LogP) is 3.43.